The molecule has 3 aromatic rings. The fraction of sp³-hybridized carbons (Fsp3) is 0. The van der Waals surface area contributed by atoms with Crippen molar-refractivity contribution in [2.24, 2.45) is 0 Å². The Morgan fingerprint density at radius 2 is 1.94 bits per heavy atom. The van der Waals surface area contributed by atoms with E-state index in [9.17, 15) is 4.39 Å². The van der Waals surface area contributed by atoms with Crippen molar-refractivity contribution in [3.63, 3.8) is 0 Å². The van der Waals surface area contributed by atoms with Gasteiger partial charge in [0.2, 0.25) is 5.95 Å². The zero-order valence-electron chi connectivity index (χ0n) is 9.34. The van der Waals surface area contributed by atoms with Gasteiger partial charge in [0.05, 0.1) is 5.52 Å². The van der Waals surface area contributed by atoms with Gasteiger partial charge >= 0.3 is 0 Å². The van der Waals surface area contributed by atoms with Crippen LogP contribution in [0.1, 0.15) is 0 Å². The molecule has 0 fully saturated rings. The van der Waals surface area contributed by atoms with Gasteiger partial charge in [0.15, 0.2) is 0 Å². The molecule has 0 radical (unpaired) electrons. The summed E-state index contributed by atoms with van der Waals surface area (Å²) in [6.07, 6.45) is 2.93. The smallest absolute Gasteiger partial charge is 0.218 e. The number of aromatic nitrogens is 3. The molecule has 0 amide bonds. The van der Waals surface area contributed by atoms with Crippen molar-refractivity contribution in [3.8, 4) is 0 Å². The Kier molecular flexibility index (Phi) is 2.57. The molecule has 0 saturated carbocycles. The Bertz CT molecular complexity index is 699. The molecule has 0 aliphatic heterocycles. The van der Waals surface area contributed by atoms with Gasteiger partial charge in [-0.1, -0.05) is 6.07 Å². The van der Waals surface area contributed by atoms with Crippen LogP contribution in [0, 0.1) is 5.95 Å². The summed E-state index contributed by atoms with van der Waals surface area (Å²) in [7, 11) is 0. The van der Waals surface area contributed by atoms with E-state index in [1.165, 1.54) is 12.4 Å². The van der Waals surface area contributed by atoms with Crippen LogP contribution >= 0.6 is 0 Å². The Balaban J connectivity index is 1.95. The maximum absolute atomic E-state index is 12.9. The van der Waals surface area contributed by atoms with E-state index >= 15 is 0 Å². The number of nitrogens with one attached hydrogen (secondary N) is 1. The van der Waals surface area contributed by atoms with Gasteiger partial charge < -0.3 is 5.32 Å². The summed E-state index contributed by atoms with van der Waals surface area (Å²) in [6.45, 7) is 0. The van der Waals surface area contributed by atoms with Crippen molar-refractivity contribution < 1.29 is 4.39 Å². The summed E-state index contributed by atoms with van der Waals surface area (Å²) in [6, 6.07) is 10.8. The van der Waals surface area contributed by atoms with Gasteiger partial charge in [-0.05, 0) is 24.3 Å². The van der Waals surface area contributed by atoms with Crippen LogP contribution in [0.25, 0.3) is 10.9 Å². The minimum absolute atomic E-state index is 0.422. The van der Waals surface area contributed by atoms with E-state index in [2.05, 4.69) is 20.3 Å². The van der Waals surface area contributed by atoms with Gasteiger partial charge in [-0.3, -0.25) is 4.98 Å². The molecule has 0 aliphatic rings. The molecule has 18 heavy (non-hydrogen) atoms. The Hall–Kier alpha value is -2.56. The first kappa shape index (κ1) is 10.6. The largest absolute Gasteiger partial charge is 0.340 e. The van der Waals surface area contributed by atoms with E-state index in [-0.39, 0.29) is 0 Å². The standard InChI is InChI=1S/C13H9FN4/c14-12-7-13(17-8-16-12)18-10-3-4-11-9(6-10)2-1-5-15-11/h1-8H,(H,16,17,18). The number of fused-ring (bicyclic) bond motifs is 1. The molecule has 2 heterocycles. The molecule has 0 atom stereocenters. The molecule has 0 saturated heterocycles. The van der Waals surface area contributed by atoms with Crippen molar-refractivity contribution in [2.75, 3.05) is 5.32 Å². The Morgan fingerprint density at radius 1 is 1.00 bits per heavy atom. The molecule has 5 heteroatoms. The first-order valence-electron chi connectivity index (χ1n) is 5.41. The second-order valence-corrected chi connectivity index (χ2v) is 3.76. The van der Waals surface area contributed by atoms with Gasteiger partial charge in [0.1, 0.15) is 12.1 Å². The number of hydrogen-bond acceptors (Lipinski definition) is 4. The third-order valence-corrected chi connectivity index (χ3v) is 2.51. The highest BCUT2D eigenvalue weighted by molar-refractivity contribution is 5.82. The summed E-state index contributed by atoms with van der Waals surface area (Å²) >= 11 is 0. The molecule has 3 rings (SSSR count). The fourth-order valence-corrected chi connectivity index (χ4v) is 1.70. The van der Waals surface area contributed by atoms with Gasteiger partial charge in [-0.2, -0.15) is 4.39 Å². The number of nitrogens with zero attached hydrogens (tertiary/aromatic N) is 3. The van der Waals surface area contributed by atoms with E-state index in [1.54, 1.807) is 6.20 Å². The second-order valence-electron chi connectivity index (χ2n) is 3.76. The Labute approximate surface area is 103 Å². The number of benzene rings is 1. The minimum atomic E-state index is -0.560. The zero-order valence-corrected chi connectivity index (χ0v) is 9.34. The van der Waals surface area contributed by atoms with Gasteiger partial charge in [0, 0.05) is 23.3 Å². The maximum Gasteiger partial charge on any atom is 0.218 e. The highest BCUT2D eigenvalue weighted by Crippen LogP contribution is 2.19. The second kappa shape index (κ2) is 4.37. The Morgan fingerprint density at radius 3 is 2.83 bits per heavy atom. The third kappa shape index (κ3) is 2.10. The van der Waals surface area contributed by atoms with Crippen molar-refractivity contribution in [1.82, 2.24) is 15.0 Å². The lowest BCUT2D eigenvalue weighted by molar-refractivity contribution is 0.580. The highest BCUT2D eigenvalue weighted by atomic mass is 19.1. The predicted octanol–water partition coefficient (Wildman–Crippen LogP) is 2.91. The van der Waals surface area contributed by atoms with E-state index in [1.807, 2.05) is 30.3 Å². The highest BCUT2D eigenvalue weighted by Gasteiger charge is 2.00. The summed E-state index contributed by atoms with van der Waals surface area (Å²) in [5.74, 6) is -0.138. The first-order valence-corrected chi connectivity index (χ1v) is 5.41. The molecule has 4 nitrogen and oxygen atoms in total. The van der Waals surface area contributed by atoms with Crippen molar-refractivity contribution in [1.29, 1.82) is 0 Å². The molecular formula is C13H9FN4. The molecule has 0 unspecified atom stereocenters. The van der Waals surface area contributed by atoms with Crippen LogP contribution in [0.2, 0.25) is 0 Å². The molecule has 1 aromatic carbocycles. The molecule has 0 spiro atoms. The average molecular weight is 240 g/mol. The lowest BCUT2D eigenvalue weighted by Crippen LogP contribution is -1.95. The maximum atomic E-state index is 12.9. The lowest BCUT2D eigenvalue weighted by Gasteiger charge is -2.06. The van der Waals surface area contributed by atoms with Crippen LogP contribution in [-0.2, 0) is 0 Å². The molecule has 88 valence electrons. The van der Waals surface area contributed by atoms with Crippen molar-refractivity contribution in [2.45, 2.75) is 0 Å². The molecular weight excluding hydrogens is 231 g/mol. The number of hydrogen-bond donors (Lipinski definition) is 1. The van der Waals surface area contributed by atoms with Gasteiger partial charge in [-0.15, -0.1) is 0 Å². The van der Waals surface area contributed by atoms with Crippen LogP contribution in [0.4, 0.5) is 15.9 Å². The molecule has 1 N–H and O–H groups in total. The van der Waals surface area contributed by atoms with E-state index in [4.69, 9.17) is 0 Å². The van der Waals surface area contributed by atoms with Crippen molar-refractivity contribution >= 4 is 22.4 Å². The minimum Gasteiger partial charge on any atom is -0.340 e. The SMILES string of the molecule is Fc1cc(Nc2ccc3ncccc3c2)ncn1. The predicted molar refractivity (Wildman–Crippen MR) is 67.0 cm³/mol. The van der Waals surface area contributed by atoms with Crippen LogP contribution < -0.4 is 5.32 Å². The molecule has 0 bridgehead atoms. The summed E-state index contributed by atoms with van der Waals surface area (Å²) < 4.78 is 12.9. The monoisotopic (exact) mass is 240 g/mol. The van der Waals surface area contributed by atoms with Gasteiger partial charge in [-0.25, -0.2) is 9.97 Å². The number of halogens is 1. The van der Waals surface area contributed by atoms with Crippen LogP contribution in [0.3, 0.4) is 0 Å². The fourth-order valence-electron chi connectivity index (χ4n) is 1.70. The van der Waals surface area contributed by atoms with E-state index < -0.39 is 5.95 Å². The first-order chi connectivity index (χ1) is 8.81. The summed E-state index contributed by atoms with van der Waals surface area (Å²) in [5.41, 5.74) is 1.74. The van der Waals surface area contributed by atoms with Crippen LogP contribution in [0.15, 0.2) is 48.9 Å². The molecule has 0 aliphatic carbocycles. The number of rotatable bonds is 2. The summed E-state index contributed by atoms with van der Waals surface area (Å²) in [5, 5.41) is 4.03. The summed E-state index contributed by atoms with van der Waals surface area (Å²) in [4.78, 5) is 11.6. The zero-order chi connectivity index (χ0) is 12.4. The lowest BCUT2D eigenvalue weighted by atomic mass is 10.2. The average Bonchev–Trinajstić information content (AvgIpc) is 2.39. The van der Waals surface area contributed by atoms with Crippen molar-refractivity contribution in [3.05, 3.63) is 54.9 Å². The van der Waals surface area contributed by atoms with Gasteiger partial charge in [0.25, 0.3) is 0 Å². The molecule has 2 aromatic heterocycles. The van der Waals surface area contributed by atoms with E-state index in [0.29, 0.717) is 5.82 Å². The van der Waals surface area contributed by atoms with E-state index in [0.717, 1.165) is 16.6 Å². The van der Waals surface area contributed by atoms with Crippen LogP contribution in [0.5, 0.6) is 0 Å². The topological polar surface area (TPSA) is 50.7 Å². The third-order valence-electron chi connectivity index (χ3n) is 2.51. The number of anilines is 2. The van der Waals surface area contributed by atoms with Crippen LogP contribution in [-0.4, -0.2) is 15.0 Å². The number of pyridine rings is 1. The quantitative estimate of drug-likeness (QED) is 0.700. The normalized spacial score (nSPS) is 10.5.